The van der Waals surface area contributed by atoms with E-state index in [4.69, 9.17) is 0 Å². The van der Waals surface area contributed by atoms with Crippen LogP contribution in [0.4, 0.5) is 5.69 Å². The van der Waals surface area contributed by atoms with Gasteiger partial charge in [-0.2, -0.15) is 0 Å². The summed E-state index contributed by atoms with van der Waals surface area (Å²) in [5, 5.41) is 0. The fourth-order valence-corrected chi connectivity index (χ4v) is 4.55. The molecule has 1 aliphatic carbocycles. The molecule has 0 spiro atoms. The van der Waals surface area contributed by atoms with E-state index in [9.17, 15) is 9.00 Å². The van der Waals surface area contributed by atoms with E-state index in [1.54, 1.807) is 12.1 Å². The van der Waals surface area contributed by atoms with Crippen LogP contribution in [0.3, 0.4) is 0 Å². The summed E-state index contributed by atoms with van der Waals surface area (Å²) >= 11 is 0. The lowest BCUT2D eigenvalue weighted by Crippen LogP contribution is -2.34. The average molecular weight is 382 g/mol. The van der Waals surface area contributed by atoms with Crippen LogP contribution in [-0.4, -0.2) is 28.8 Å². The number of allylic oxidation sites excluding steroid dienone is 1. The van der Waals surface area contributed by atoms with E-state index in [1.807, 2.05) is 42.5 Å². The zero-order chi connectivity index (χ0) is 19.2. The molecule has 27 heavy (non-hydrogen) atoms. The van der Waals surface area contributed by atoms with Gasteiger partial charge in [0.05, 0.1) is 16.6 Å². The number of carbonyl (C=O) groups is 1. The van der Waals surface area contributed by atoms with Crippen molar-refractivity contribution in [2.24, 2.45) is 5.92 Å². The van der Waals surface area contributed by atoms with Gasteiger partial charge in [0.15, 0.2) is 5.78 Å². The summed E-state index contributed by atoms with van der Waals surface area (Å²) in [6, 6.07) is 17.3. The highest BCUT2D eigenvalue weighted by Crippen LogP contribution is 2.27. The second-order valence-electron chi connectivity index (χ2n) is 7.11. The third kappa shape index (κ3) is 4.95. The van der Waals surface area contributed by atoms with Gasteiger partial charge in [0, 0.05) is 29.2 Å². The molecule has 4 heteroatoms. The normalized spacial score (nSPS) is 20.2. The number of benzene rings is 2. The number of hydrogen-bond donors (Lipinski definition) is 0. The molecule has 0 radical (unpaired) electrons. The quantitative estimate of drug-likeness (QED) is 0.508. The van der Waals surface area contributed by atoms with Crippen molar-refractivity contribution in [2.45, 2.75) is 37.1 Å². The molecular weight excluding hydrogens is 354 g/mol. The van der Waals surface area contributed by atoms with Gasteiger partial charge in [-0.25, -0.2) is 0 Å². The van der Waals surface area contributed by atoms with Crippen LogP contribution in [0.25, 0.3) is 0 Å². The van der Waals surface area contributed by atoms with Crippen molar-refractivity contribution in [1.29, 1.82) is 0 Å². The lowest BCUT2D eigenvalue weighted by Gasteiger charge is -2.34. The summed E-state index contributed by atoms with van der Waals surface area (Å²) in [5.41, 5.74) is 1.73. The zero-order valence-electron chi connectivity index (χ0n) is 16.0. The molecule has 2 aromatic carbocycles. The first-order valence-electron chi connectivity index (χ1n) is 9.54. The summed E-state index contributed by atoms with van der Waals surface area (Å²) in [4.78, 5) is 15.5. The number of ketones is 1. The van der Waals surface area contributed by atoms with Crippen LogP contribution < -0.4 is 4.90 Å². The summed E-state index contributed by atoms with van der Waals surface area (Å²) in [5.74, 6) is 0.586. The van der Waals surface area contributed by atoms with E-state index in [2.05, 4.69) is 31.0 Å². The van der Waals surface area contributed by atoms with Crippen molar-refractivity contribution in [3.05, 3.63) is 72.3 Å². The van der Waals surface area contributed by atoms with Crippen LogP contribution in [-0.2, 0) is 10.8 Å². The average Bonchev–Trinajstić information content (AvgIpc) is 2.74. The van der Waals surface area contributed by atoms with Crippen molar-refractivity contribution < 1.29 is 9.00 Å². The predicted molar refractivity (Wildman–Crippen MR) is 113 cm³/mol. The van der Waals surface area contributed by atoms with Crippen molar-refractivity contribution in [3.63, 3.8) is 0 Å². The minimum Gasteiger partial charge on any atom is -0.371 e. The molecule has 3 rings (SSSR count). The SMILES string of the molecule is CCC1C=CCC(N(C)c2ccc(C(=O)CS(=O)c3ccccc3)cc2)C1. The lowest BCUT2D eigenvalue weighted by molar-refractivity contribution is 0.102. The molecule has 1 aliphatic rings. The van der Waals surface area contributed by atoms with Crippen LogP contribution in [0, 0.1) is 5.92 Å². The Morgan fingerprint density at radius 3 is 2.48 bits per heavy atom. The maximum Gasteiger partial charge on any atom is 0.175 e. The first-order valence-corrected chi connectivity index (χ1v) is 10.9. The Kier molecular flexibility index (Phi) is 6.62. The zero-order valence-corrected chi connectivity index (χ0v) is 16.8. The van der Waals surface area contributed by atoms with E-state index in [1.165, 1.54) is 12.8 Å². The molecule has 0 saturated carbocycles. The molecule has 0 N–H and O–H groups in total. The van der Waals surface area contributed by atoms with Gasteiger partial charge in [-0.05, 0) is 61.6 Å². The van der Waals surface area contributed by atoms with Gasteiger partial charge in [0.2, 0.25) is 0 Å². The van der Waals surface area contributed by atoms with Crippen molar-refractivity contribution in [3.8, 4) is 0 Å². The highest BCUT2D eigenvalue weighted by atomic mass is 32.2. The van der Waals surface area contributed by atoms with E-state index in [0.29, 0.717) is 22.4 Å². The standard InChI is InChI=1S/C23H27NO2S/c1-3-18-8-7-9-21(16-18)24(2)20-14-12-19(13-15-20)23(25)17-27(26)22-10-5-4-6-11-22/h4-8,10-15,18,21H,3,9,16-17H2,1-2H3. The highest BCUT2D eigenvalue weighted by Gasteiger charge is 2.21. The van der Waals surface area contributed by atoms with Gasteiger partial charge in [-0.1, -0.05) is 37.3 Å². The highest BCUT2D eigenvalue weighted by molar-refractivity contribution is 7.85. The molecule has 0 amide bonds. The minimum atomic E-state index is -1.30. The lowest BCUT2D eigenvalue weighted by atomic mass is 9.89. The molecule has 3 atom stereocenters. The summed E-state index contributed by atoms with van der Waals surface area (Å²) in [6.45, 7) is 2.23. The van der Waals surface area contributed by atoms with Gasteiger partial charge in [0.25, 0.3) is 0 Å². The predicted octanol–water partition coefficient (Wildman–Crippen LogP) is 4.86. The van der Waals surface area contributed by atoms with E-state index in [-0.39, 0.29) is 11.5 Å². The maximum absolute atomic E-state index is 12.5. The Labute approximate surface area is 164 Å². The monoisotopic (exact) mass is 381 g/mol. The molecule has 0 heterocycles. The smallest absolute Gasteiger partial charge is 0.175 e. The second kappa shape index (κ2) is 9.14. The minimum absolute atomic E-state index is 0.0186. The molecule has 3 unspecified atom stereocenters. The van der Waals surface area contributed by atoms with Crippen LogP contribution in [0.1, 0.15) is 36.5 Å². The topological polar surface area (TPSA) is 37.4 Å². The van der Waals surface area contributed by atoms with Gasteiger partial charge < -0.3 is 4.90 Å². The van der Waals surface area contributed by atoms with Gasteiger partial charge in [-0.15, -0.1) is 0 Å². The Morgan fingerprint density at radius 2 is 1.81 bits per heavy atom. The van der Waals surface area contributed by atoms with Crippen molar-refractivity contribution >= 4 is 22.3 Å². The first kappa shape index (κ1) is 19.6. The fraction of sp³-hybridized carbons (Fsp3) is 0.348. The maximum atomic E-state index is 12.5. The van der Waals surface area contributed by atoms with Gasteiger partial charge in [-0.3, -0.25) is 9.00 Å². The summed E-state index contributed by atoms with van der Waals surface area (Å²) in [7, 11) is 0.818. The van der Waals surface area contributed by atoms with Crippen LogP contribution in [0.2, 0.25) is 0 Å². The van der Waals surface area contributed by atoms with E-state index in [0.717, 1.165) is 12.1 Å². The molecule has 0 fully saturated rings. The number of nitrogens with zero attached hydrogens (tertiary/aromatic N) is 1. The van der Waals surface area contributed by atoms with Crippen LogP contribution in [0.5, 0.6) is 0 Å². The molecule has 3 nitrogen and oxygen atoms in total. The molecular formula is C23H27NO2S. The van der Waals surface area contributed by atoms with Crippen LogP contribution >= 0.6 is 0 Å². The molecule has 0 aromatic heterocycles. The summed E-state index contributed by atoms with van der Waals surface area (Å²) < 4.78 is 12.3. The number of anilines is 1. The molecule has 0 bridgehead atoms. The largest absolute Gasteiger partial charge is 0.371 e. The van der Waals surface area contributed by atoms with Crippen LogP contribution in [0.15, 0.2) is 71.6 Å². The van der Waals surface area contributed by atoms with Crippen molar-refractivity contribution in [1.82, 2.24) is 0 Å². The molecule has 142 valence electrons. The Hall–Kier alpha value is -2.20. The van der Waals surface area contributed by atoms with E-state index < -0.39 is 10.8 Å². The summed E-state index contributed by atoms with van der Waals surface area (Å²) in [6.07, 6.45) is 8.02. The number of hydrogen-bond acceptors (Lipinski definition) is 3. The Balaban J connectivity index is 1.63. The molecule has 0 saturated heterocycles. The molecule has 2 aromatic rings. The third-order valence-electron chi connectivity index (χ3n) is 5.33. The number of carbonyl (C=O) groups excluding carboxylic acids is 1. The number of Topliss-reactive ketones (excluding diaryl/α,β-unsaturated/α-hetero) is 1. The van der Waals surface area contributed by atoms with Gasteiger partial charge >= 0.3 is 0 Å². The third-order valence-corrected chi connectivity index (χ3v) is 6.65. The first-order chi connectivity index (χ1) is 13.1. The number of rotatable bonds is 7. The van der Waals surface area contributed by atoms with Crippen molar-refractivity contribution in [2.75, 3.05) is 17.7 Å². The molecule has 0 aliphatic heterocycles. The Bertz CT molecular complexity index is 814. The van der Waals surface area contributed by atoms with Gasteiger partial charge in [0.1, 0.15) is 0 Å². The second-order valence-corrected chi connectivity index (χ2v) is 8.56. The fourth-order valence-electron chi connectivity index (χ4n) is 3.52. The Morgan fingerprint density at radius 1 is 1.11 bits per heavy atom. The van der Waals surface area contributed by atoms with E-state index >= 15 is 0 Å².